The maximum atomic E-state index is 5.70. The maximum absolute atomic E-state index is 5.70. The Labute approximate surface area is 90.7 Å². The SMILES string of the molecule is CCC(C)(C)NCc1ccc(Cl)nc1. The van der Waals surface area contributed by atoms with Crippen molar-refractivity contribution in [3.63, 3.8) is 0 Å². The van der Waals surface area contributed by atoms with Gasteiger partial charge in [-0.1, -0.05) is 24.6 Å². The van der Waals surface area contributed by atoms with Gasteiger partial charge in [0, 0.05) is 18.3 Å². The molecule has 1 aromatic heterocycles. The number of halogens is 1. The summed E-state index contributed by atoms with van der Waals surface area (Å²) in [6.07, 6.45) is 2.91. The molecule has 0 atom stereocenters. The fourth-order valence-electron chi connectivity index (χ4n) is 0.977. The average Bonchev–Trinajstić information content (AvgIpc) is 2.17. The number of pyridine rings is 1. The van der Waals surface area contributed by atoms with Gasteiger partial charge < -0.3 is 5.32 Å². The van der Waals surface area contributed by atoms with Crippen LogP contribution < -0.4 is 5.32 Å². The van der Waals surface area contributed by atoms with Crippen LogP contribution in [0, 0.1) is 0 Å². The first-order valence-corrected chi connectivity index (χ1v) is 5.27. The summed E-state index contributed by atoms with van der Waals surface area (Å²) in [6, 6.07) is 3.81. The fourth-order valence-corrected chi connectivity index (χ4v) is 1.09. The molecule has 0 aliphatic rings. The summed E-state index contributed by atoms with van der Waals surface area (Å²) < 4.78 is 0. The van der Waals surface area contributed by atoms with E-state index in [2.05, 4.69) is 31.1 Å². The Morgan fingerprint density at radius 3 is 2.64 bits per heavy atom. The Morgan fingerprint density at radius 1 is 1.43 bits per heavy atom. The van der Waals surface area contributed by atoms with Crippen LogP contribution in [0.1, 0.15) is 32.8 Å². The Bertz CT molecular complexity index is 280. The second-order valence-corrected chi connectivity index (χ2v) is 4.47. The minimum atomic E-state index is 0.180. The third kappa shape index (κ3) is 3.64. The highest BCUT2D eigenvalue weighted by Crippen LogP contribution is 2.10. The summed E-state index contributed by atoms with van der Waals surface area (Å²) >= 11 is 5.70. The Hall–Kier alpha value is -0.600. The number of hydrogen-bond donors (Lipinski definition) is 1. The minimum absolute atomic E-state index is 0.180. The lowest BCUT2D eigenvalue weighted by Gasteiger charge is -2.24. The normalized spacial score (nSPS) is 11.7. The summed E-state index contributed by atoms with van der Waals surface area (Å²) in [7, 11) is 0. The van der Waals surface area contributed by atoms with Crippen molar-refractivity contribution in [1.82, 2.24) is 10.3 Å². The fraction of sp³-hybridized carbons (Fsp3) is 0.545. The minimum Gasteiger partial charge on any atom is -0.308 e. The molecule has 0 saturated heterocycles. The molecule has 2 nitrogen and oxygen atoms in total. The highest BCUT2D eigenvalue weighted by atomic mass is 35.5. The predicted molar refractivity (Wildman–Crippen MR) is 60.5 cm³/mol. The third-order valence-corrected chi connectivity index (χ3v) is 2.67. The van der Waals surface area contributed by atoms with Gasteiger partial charge in [-0.3, -0.25) is 0 Å². The molecule has 14 heavy (non-hydrogen) atoms. The molecule has 3 heteroatoms. The predicted octanol–water partition coefficient (Wildman–Crippen LogP) is 3.01. The van der Waals surface area contributed by atoms with Gasteiger partial charge in [0.15, 0.2) is 0 Å². The summed E-state index contributed by atoms with van der Waals surface area (Å²) in [5, 5.41) is 4.01. The maximum Gasteiger partial charge on any atom is 0.129 e. The quantitative estimate of drug-likeness (QED) is 0.777. The first-order chi connectivity index (χ1) is 6.53. The zero-order chi connectivity index (χ0) is 10.6. The molecular weight excluding hydrogens is 196 g/mol. The molecule has 0 aromatic carbocycles. The summed E-state index contributed by atoms with van der Waals surface area (Å²) in [4.78, 5) is 4.03. The molecule has 0 aliphatic carbocycles. The van der Waals surface area contributed by atoms with Gasteiger partial charge in [0.1, 0.15) is 5.15 Å². The van der Waals surface area contributed by atoms with E-state index >= 15 is 0 Å². The van der Waals surface area contributed by atoms with Crippen molar-refractivity contribution in [3.8, 4) is 0 Å². The Morgan fingerprint density at radius 2 is 2.14 bits per heavy atom. The average molecular weight is 213 g/mol. The molecule has 0 spiro atoms. The molecule has 0 bridgehead atoms. The van der Waals surface area contributed by atoms with Gasteiger partial charge >= 0.3 is 0 Å². The van der Waals surface area contributed by atoms with Gasteiger partial charge in [0.2, 0.25) is 0 Å². The Kier molecular flexibility index (Phi) is 3.90. The van der Waals surface area contributed by atoms with E-state index in [1.165, 1.54) is 0 Å². The number of hydrogen-bond acceptors (Lipinski definition) is 2. The Balaban J connectivity index is 2.50. The van der Waals surface area contributed by atoms with Crippen molar-refractivity contribution < 1.29 is 0 Å². The van der Waals surface area contributed by atoms with Crippen LogP contribution in [0.25, 0.3) is 0 Å². The lowest BCUT2D eigenvalue weighted by atomic mass is 10.0. The van der Waals surface area contributed by atoms with E-state index in [-0.39, 0.29) is 5.54 Å². The smallest absolute Gasteiger partial charge is 0.129 e. The zero-order valence-electron chi connectivity index (χ0n) is 8.97. The van der Waals surface area contributed by atoms with Gasteiger partial charge in [-0.2, -0.15) is 0 Å². The van der Waals surface area contributed by atoms with Crippen LogP contribution in [0.3, 0.4) is 0 Å². The van der Waals surface area contributed by atoms with Crippen LogP contribution in [0.2, 0.25) is 5.15 Å². The van der Waals surface area contributed by atoms with Crippen molar-refractivity contribution >= 4 is 11.6 Å². The van der Waals surface area contributed by atoms with Crippen molar-refractivity contribution in [3.05, 3.63) is 29.0 Å². The van der Waals surface area contributed by atoms with Gasteiger partial charge in [-0.15, -0.1) is 0 Å². The van der Waals surface area contributed by atoms with Crippen LogP contribution in [-0.2, 0) is 6.54 Å². The van der Waals surface area contributed by atoms with Gasteiger partial charge in [0.05, 0.1) is 0 Å². The molecule has 1 heterocycles. The molecular formula is C11H17ClN2. The van der Waals surface area contributed by atoms with Crippen LogP contribution in [0.15, 0.2) is 18.3 Å². The standard InChI is InChI=1S/C11H17ClN2/c1-4-11(2,3)14-8-9-5-6-10(12)13-7-9/h5-7,14H,4,8H2,1-3H3. The van der Waals surface area contributed by atoms with E-state index in [1.807, 2.05) is 12.1 Å². The van der Waals surface area contributed by atoms with E-state index in [0.29, 0.717) is 5.15 Å². The van der Waals surface area contributed by atoms with Crippen LogP contribution in [0.4, 0.5) is 0 Å². The van der Waals surface area contributed by atoms with Gasteiger partial charge in [0.25, 0.3) is 0 Å². The van der Waals surface area contributed by atoms with E-state index in [0.717, 1.165) is 18.5 Å². The molecule has 0 aliphatic heterocycles. The van der Waals surface area contributed by atoms with E-state index < -0.39 is 0 Å². The van der Waals surface area contributed by atoms with Gasteiger partial charge in [-0.05, 0) is 31.9 Å². The highest BCUT2D eigenvalue weighted by molar-refractivity contribution is 6.29. The first kappa shape index (κ1) is 11.5. The summed E-state index contributed by atoms with van der Waals surface area (Å²) in [5.41, 5.74) is 1.34. The molecule has 0 radical (unpaired) electrons. The number of aromatic nitrogens is 1. The molecule has 0 amide bonds. The van der Waals surface area contributed by atoms with Crippen molar-refractivity contribution in [1.29, 1.82) is 0 Å². The monoisotopic (exact) mass is 212 g/mol. The van der Waals surface area contributed by atoms with Crippen molar-refractivity contribution in [2.75, 3.05) is 0 Å². The van der Waals surface area contributed by atoms with Crippen molar-refractivity contribution in [2.45, 2.75) is 39.3 Å². The number of nitrogens with zero attached hydrogens (tertiary/aromatic N) is 1. The van der Waals surface area contributed by atoms with Gasteiger partial charge in [-0.25, -0.2) is 4.98 Å². The molecule has 1 rings (SSSR count). The third-order valence-electron chi connectivity index (χ3n) is 2.44. The lowest BCUT2D eigenvalue weighted by Crippen LogP contribution is -2.37. The molecule has 1 aromatic rings. The molecule has 78 valence electrons. The van der Waals surface area contributed by atoms with E-state index in [9.17, 15) is 0 Å². The molecule has 0 unspecified atom stereocenters. The van der Waals surface area contributed by atoms with Crippen molar-refractivity contribution in [2.24, 2.45) is 0 Å². The van der Waals surface area contributed by atoms with E-state index in [4.69, 9.17) is 11.6 Å². The zero-order valence-corrected chi connectivity index (χ0v) is 9.73. The summed E-state index contributed by atoms with van der Waals surface area (Å²) in [5.74, 6) is 0. The largest absolute Gasteiger partial charge is 0.308 e. The second-order valence-electron chi connectivity index (χ2n) is 4.08. The second kappa shape index (κ2) is 4.76. The molecule has 0 fully saturated rings. The highest BCUT2D eigenvalue weighted by Gasteiger charge is 2.13. The number of rotatable bonds is 4. The number of nitrogens with one attached hydrogen (secondary N) is 1. The molecule has 0 saturated carbocycles. The van der Waals surface area contributed by atoms with Crippen LogP contribution >= 0.6 is 11.6 Å². The lowest BCUT2D eigenvalue weighted by molar-refractivity contribution is 0.374. The summed E-state index contributed by atoms with van der Waals surface area (Å²) in [6.45, 7) is 7.39. The van der Waals surface area contributed by atoms with Crippen LogP contribution in [-0.4, -0.2) is 10.5 Å². The molecule has 1 N–H and O–H groups in total. The van der Waals surface area contributed by atoms with Crippen LogP contribution in [0.5, 0.6) is 0 Å². The van der Waals surface area contributed by atoms with E-state index in [1.54, 1.807) is 6.20 Å². The topological polar surface area (TPSA) is 24.9 Å². The first-order valence-electron chi connectivity index (χ1n) is 4.89.